The summed E-state index contributed by atoms with van der Waals surface area (Å²) in [5, 5.41) is 5.49. The normalized spacial score (nSPS) is 13.8. The van der Waals surface area contributed by atoms with Gasteiger partial charge in [-0.15, -0.1) is 0 Å². The van der Waals surface area contributed by atoms with E-state index in [0.717, 1.165) is 0 Å². The van der Waals surface area contributed by atoms with E-state index in [-0.39, 0.29) is 43.3 Å². The molecule has 0 saturated carbocycles. The van der Waals surface area contributed by atoms with Crippen LogP contribution in [0.4, 0.5) is 0 Å². The largest absolute Gasteiger partial charge is 0.352 e. The molecule has 1 aliphatic carbocycles. The molecule has 0 heterocycles. The lowest BCUT2D eigenvalue weighted by molar-refractivity contribution is 0.496. The fourth-order valence-electron chi connectivity index (χ4n) is 12.6. The number of fused-ring (bicyclic) bond motifs is 2. The number of benzene rings is 6. The lowest BCUT2D eigenvalue weighted by Gasteiger charge is -2.37. The van der Waals surface area contributed by atoms with Crippen LogP contribution in [0.2, 0.25) is 0 Å². The van der Waals surface area contributed by atoms with Gasteiger partial charge < -0.3 is 9.79 Å². The third kappa shape index (κ3) is 12.4. The first kappa shape index (κ1) is 62.3. The minimum absolute atomic E-state index is 0.0220. The van der Waals surface area contributed by atoms with Gasteiger partial charge in [-0.05, 0) is 203 Å². The maximum atomic E-state index is 7.72. The van der Waals surface area contributed by atoms with Crippen LogP contribution in [0.5, 0.6) is 0 Å². The zero-order chi connectivity index (χ0) is 58.5. The minimum atomic E-state index is -0.580. The Balaban J connectivity index is 0.00000183. The van der Waals surface area contributed by atoms with E-state index in [0.29, 0.717) is 0 Å². The first-order valence-electron chi connectivity index (χ1n) is 28.3. The van der Waals surface area contributed by atoms with E-state index in [1.54, 1.807) is 0 Å². The second-order valence-corrected chi connectivity index (χ2v) is 32.1. The van der Waals surface area contributed by atoms with Gasteiger partial charge in [-0.2, -0.15) is 0 Å². The average molecular weight is 1080 g/mol. The monoisotopic (exact) mass is 1070 g/mol. The van der Waals surface area contributed by atoms with Gasteiger partial charge in [-0.25, -0.2) is 0 Å². The Bertz CT molecular complexity index is 3210. The molecule has 3 nitrogen and oxygen atoms in total. The van der Waals surface area contributed by atoms with Crippen molar-refractivity contribution in [3.63, 3.8) is 0 Å². The Morgan fingerprint density at radius 3 is 0.649 bits per heavy atom. The average Bonchev–Trinajstić information content (AvgIpc) is 3.24. The molecule has 6 aromatic rings. The van der Waals surface area contributed by atoms with Crippen LogP contribution in [0.3, 0.4) is 0 Å². The van der Waals surface area contributed by atoms with Crippen molar-refractivity contribution in [2.75, 3.05) is 0 Å². The van der Waals surface area contributed by atoms with Crippen LogP contribution in [0.1, 0.15) is 233 Å². The van der Waals surface area contributed by atoms with Crippen molar-refractivity contribution < 1.29 is 14.1 Å². The SMILES string of the molecule is Cc1cc(-c2c(-c3cc(C)c(C(C)(C)C)cc3C(C)(C)C)c(-c3cc(C)c(C(C)(C)C)cc3C(C)(C)C)c3c(c2-c2cc(C)c(C(C)(C)C)cc2C(C)(C)C)=c2ccccc2=3)c(C(C)(C)C)cc1C(C)(C)C.OPOPO. The molecule has 5 heteroatoms. The van der Waals surface area contributed by atoms with Crippen molar-refractivity contribution in [1.82, 2.24) is 0 Å². The Morgan fingerprint density at radius 1 is 0.286 bits per heavy atom. The third-order valence-corrected chi connectivity index (χ3v) is 16.8. The Labute approximate surface area is 471 Å². The molecule has 77 heavy (non-hydrogen) atoms. The van der Waals surface area contributed by atoms with E-state index >= 15 is 0 Å². The van der Waals surface area contributed by atoms with Crippen LogP contribution in [0.15, 0.2) is 72.8 Å². The predicted molar refractivity (Wildman–Crippen MR) is 341 cm³/mol. The summed E-state index contributed by atoms with van der Waals surface area (Å²) in [4.78, 5) is 15.4. The Morgan fingerprint density at radius 2 is 0.481 bits per heavy atom. The summed E-state index contributed by atoms with van der Waals surface area (Å²) in [5.74, 6) is 0. The molecule has 0 aromatic heterocycles. The van der Waals surface area contributed by atoms with Crippen LogP contribution >= 0.6 is 18.1 Å². The molecule has 0 saturated heterocycles. The van der Waals surface area contributed by atoms with Gasteiger partial charge in [0.15, 0.2) is 18.1 Å². The molecule has 1 aliphatic rings. The molecule has 0 fully saturated rings. The van der Waals surface area contributed by atoms with E-state index in [4.69, 9.17) is 9.79 Å². The fraction of sp³-hybridized carbons (Fsp3) is 0.500. The first-order chi connectivity index (χ1) is 34.9. The van der Waals surface area contributed by atoms with Crippen molar-refractivity contribution in [2.24, 2.45) is 0 Å². The fourth-order valence-corrected chi connectivity index (χ4v) is 12.8. The highest BCUT2D eigenvalue weighted by atomic mass is 31.2. The lowest BCUT2D eigenvalue weighted by atomic mass is 9.67. The zero-order valence-electron chi connectivity index (χ0n) is 53.2. The lowest BCUT2D eigenvalue weighted by Crippen LogP contribution is -2.22. The van der Waals surface area contributed by atoms with E-state index in [9.17, 15) is 0 Å². The Kier molecular flexibility index (Phi) is 17.1. The van der Waals surface area contributed by atoms with Crippen LogP contribution in [-0.2, 0) is 47.6 Å². The summed E-state index contributed by atoms with van der Waals surface area (Å²) in [6, 6.07) is 30.3. The van der Waals surface area contributed by atoms with Gasteiger partial charge in [-0.3, -0.25) is 4.31 Å². The molecule has 2 unspecified atom stereocenters. The number of hydrogen-bond donors (Lipinski definition) is 2. The quantitative estimate of drug-likeness (QED) is 0.163. The molecular formula is C72H100O3P2. The van der Waals surface area contributed by atoms with Crippen LogP contribution < -0.4 is 0 Å². The van der Waals surface area contributed by atoms with Crippen LogP contribution in [0, 0.1) is 48.6 Å². The van der Waals surface area contributed by atoms with Gasteiger partial charge in [0.25, 0.3) is 0 Å². The van der Waals surface area contributed by atoms with Gasteiger partial charge >= 0.3 is 0 Å². The van der Waals surface area contributed by atoms with Crippen LogP contribution in [0.25, 0.3) is 44.5 Å². The van der Waals surface area contributed by atoms with Crippen molar-refractivity contribution in [3.05, 3.63) is 160 Å². The van der Waals surface area contributed by atoms with E-state index in [2.05, 4.69) is 271 Å². The highest BCUT2D eigenvalue weighted by Gasteiger charge is 2.38. The van der Waals surface area contributed by atoms with Crippen molar-refractivity contribution in [1.29, 1.82) is 0 Å². The van der Waals surface area contributed by atoms with Gasteiger partial charge in [-0.1, -0.05) is 239 Å². The topological polar surface area (TPSA) is 49.7 Å². The maximum absolute atomic E-state index is 7.72. The number of rotatable bonds is 6. The molecule has 0 aliphatic heterocycles. The summed E-state index contributed by atoms with van der Waals surface area (Å²) in [6.07, 6.45) is 0. The summed E-state index contributed by atoms with van der Waals surface area (Å²) >= 11 is 0. The van der Waals surface area contributed by atoms with Crippen LogP contribution in [-0.4, -0.2) is 9.79 Å². The molecule has 0 spiro atoms. The second kappa shape index (κ2) is 21.2. The van der Waals surface area contributed by atoms with Gasteiger partial charge in [0.2, 0.25) is 0 Å². The summed E-state index contributed by atoms with van der Waals surface area (Å²) in [5.41, 5.74) is 26.8. The highest BCUT2D eigenvalue weighted by molar-refractivity contribution is 7.39. The molecule has 416 valence electrons. The van der Waals surface area contributed by atoms with Crippen molar-refractivity contribution >= 4 is 18.1 Å². The number of aryl methyl sites for hydroxylation is 4. The summed E-state index contributed by atoms with van der Waals surface area (Å²) in [6.45, 7) is 67.4. The number of hydrogen-bond acceptors (Lipinski definition) is 3. The maximum Gasteiger partial charge on any atom is 0.158 e. The second-order valence-electron chi connectivity index (χ2n) is 30.9. The molecule has 7 rings (SSSR count). The first-order valence-corrected chi connectivity index (χ1v) is 30.0. The summed E-state index contributed by atoms with van der Waals surface area (Å²) < 4.78 is 4.00. The molecule has 0 radical (unpaired) electrons. The molecule has 2 atom stereocenters. The smallest absolute Gasteiger partial charge is 0.158 e. The van der Waals surface area contributed by atoms with Gasteiger partial charge in [0.1, 0.15) is 0 Å². The van der Waals surface area contributed by atoms with Gasteiger partial charge in [0.05, 0.1) is 0 Å². The third-order valence-electron chi connectivity index (χ3n) is 16.1. The van der Waals surface area contributed by atoms with E-state index in [1.165, 1.54) is 132 Å². The zero-order valence-corrected chi connectivity index (χ0v) is 55.2. The predicted octanol–water partition coefficient (Wildman–Crippen LogP) is 20.9. The highest BCUT2D eigenvalue weighted by Crippen LogP contribution is 2.57. The van der Waals surface area contributed by atoms with Crippen molar-refractivity contribution in [2.45, 2.75) is 237 Å². The molecule has 6 aromatic carbocycles. The van der Waals surface area contributed by atoms with E-state index in [1.807, 2.05) is 0 Å². The van der Waals surface area contributed by atoms with Gasteiger partial charge in [0, 0.05) is 0 Å². The molecule has 0 amide bonds. The Hall–Kier alpha value is -3.94. The standard InChI is InChI=1S/C72H96.H4O3P2/c1-41-33-47(55(69(17,18)19)37-51(41)65(5,6)7)61-59-45-31-29-30-32-46(45)60(59)62(48-34-42(2)52(66(8,9)10)38-56(48)70(20,21)22)64(50-36-44(4)54(68(14,15)16)40-58(50)72(26,27)28)63(61)49-35-43(3)53(67(11,12)13)39-57(49)71(23,24)25;1-4-3-5-2/h29-40H,1-28H3;1-2,4-5H. The minimum Gasteiger partial charge on any atom is -0.352 e. The van der Waals surface area contributed by atoms with E-state index < -0.39 is 18.1 Å². The summed E-state index contributed by atoms with van der Waals surface area (Å²) in [7, 11) is -1.16. The molecule has 2 N–H and O–H groups in total. The van der Waals surface area contributed by atoms with Crippen molar-refractivity contribution in [3.8, 4) is 44.5 Å². The molecule has 0 bridgehead atoms. The molecular weight excluding hydrogens is 975 g/mol.